The Hall–Kier alpha value is -2.93. The average Bonchev–Trinajstić information content (AvgIpc) is 3.25. The van der Waals surface area contributed by atoms with E-state index in [-0.39, 0.29) is 22.4 Å². The zero-order chi connectivity index (χ0) is 20.4. The number of nitrogens with zero attached hydrogens (tertiary/aromatic N) is 3. The number of hydrogen-bond acceptors (Lipinski definition) is 5. The topological polar surface area (TPSA) is 68.5 Å². The van der Waals surface area contributed by atoms with Crippen molar-refractivity contribution < 1.29 is 18.4 Å². The molecule has 0 N–H and O–H groups in total. The van der Waals surface area contributed by atoms with E-state index in [1.54, 1.807) is 12.0 Å². The van der Waals surface area contributed by atoms with E-state index in [0.717, 1.165) is 12.8 Å². The summed E-state index contributed by atoms with van der Waals surface area (Å²) in [5.41, 5.74) is 0.874. The van der Waals surface area contributed by atoms with Crippen LogP contribution in [0.15, 0.2) is 47.0 Å². The lowest BCUT2D eigenvalue weighted by Crippen LogP contribution is -2.39. The van der Waals surface area contributed by atoms with E-state index in [9.17, 15) is 9.18 Å². The highest BCUT2D eigenvalue weighted by atomic mass is 35.5. The van der Waals surface area contributed by atoms with Gasteiger partial charge in [-0.1, -0.05) is 28.9 Å². The van der Waals surface area contributed by atoms with Gasteiger partial charge in [0.15, 0.2) is 5.82 Å². The molecule has 6 nitrogen and oxygen atoms in total. The van der Waals surface area contributed by atoms with Gasteiger partial charge < -0.3 is 14.2 Å². The number of likely N-dealkylation sites (tertiary alicyclic amines) is 1. The summed E-state index contributed by atoms with van der Waals surface area (Å²) in [5.74, 6) is 0.678. The Labute approximate surface area is 172 Å². The molecule has 0 saturated carbocycles. The Morgan fingerprint density at radius 1 is 1.31 bits per heavy atom. The summed E-state index contributed by atoms with van der Waals surface area (Å²) in [4.78, 5) is 19.0. The molecule has 8 heteroatoms. The molecule has 0 spiro atoms. The van der Waals surface area contributed by atoms with Gasteiger partial charge >= 0.3 is 0 Å². The standard InChI is InChI=1S/C21H19ClFN3O3/c1-28-18-7-3-2-6-15(18)20-24-19(25-29-20)13-5-4-10-26(12-13)21(27)16-11-14(23)8-9-17(16)22/h2-3,6-9,11,13H,4-5,10,12H2,1H3/t13-/m0/s1. The number of aromatic nitrogens is 2. The summed E-state index contributed by atoms with van der Waals surface area (Å²) in [5, 5.41) is 4.36. The van der Waals surface area contributed by atoms with E-state index in [4.69, 9.17) is 20.9 Å². The number of para-hydroxylation sites is 1. The van der Waals surface area contributed by atoms with Crippen LogP contribution < -0.4 is 4.74 Å². The van der Waals surface area contributed by atoms with E-state index in [1.165, 1.54) is 18.2 Å². The van der Waals surface area contributed by atoms with Gasteiger partial charge in [-0.05, 0) is 43.2 Å². The summed E-state index contributed by atoms with van der Waals surface area (Å²) in [6.07, 6.45) is 1.60. The van der Waals surface area contributed by atoms with Crippen LogP contribution in [0.4, 0.5) is 4.39 Å². The number of carbonyl (C=O) groups excluding carboxylic acids is 1. The van der Waals surface area contributed by atoms with Crippen LogP contribution in [0.2, 0.25) is 5.02 Å². The molecule has 1 aromatic heterocycles. The number of methoxy groups -OCH3 is 1. The lowest BCUT2D eigenvalue weighted by molar-refractivity contribution is 0.0703. The second-order valence-electron chi connectivity index (χ2n) is 6.87. The molecule has 0 bridgehead atoms. The fraction of sp³-hybridized carbons (Fsp3) is 0.286. The number of ether oxygens (including phenoxy) is 1. The van der Waals surface area contributed by atoms with Crippen molar-refractivity contribution >= 4 is 17.5 Å². The molecule has 1 aliphatic heterocycles. The van der Waals surface area contributed by atoms with E-state index in [1.807, 2.05) is 24.3 Å². The first kappa shape index (κ1) is 19.4. The van der Waals surface area contributed by atoms with E-state index >= 15 is 0 Å². The first-order chi connectivity index (χ1) is 14.1. The molecule has 0 aliphatic carbocycles. The Kier molecular flexibility index (Phi) is 5.49. The minimum Gasteiger partial charge on any atom is -0.496 e. The van der Waals surface area contributed by atoms with Crippen molar-refractivity contribution in [2.45, 2.75) is 18.8 Å². The molecule has 1 fully saturated rings. The highest BCUT2D eigenvalue weighted by molar-refractivity contribution is 6.33. The predicted molar refractivity (Wildman–Crippen MR) is 106 cm³/mol. The zero-order valence-electron chi connectivity index (χ0n) is 15.8. The second-order valence-corrected chi connectivity index (χ2v) is 7.28. The first-order valence-corrected chi connectivity index (χ1v) is 9.66. The highest BCUT2D eigenvalue weighted by Gasteiger charge is 2.30. The van der Waals surface area contributed by atoms with Crippen LogP contribution in [-0.4, -0.2) is 41.1 Å². The van der Waals surface area contributed by atoms with Gasteiger partial charge in [0, 0.05) is 19.0 Å². The number of amides is 1. The van der Waals surface area contributed by atoms with Crippen molar-refractivity contribution in [3.05, 3.63) is 64.7 Å². The molecule has 1 aliphatic rings. The predicted octanol–water partition coefficient (Wildman–Crippen LogP) is 4.56. The quantitative estimate of drug-likeness (QED) is 0.625. The number of piperidine rings is 1. The Balaban J connectivity index is 1.54. The fourth-order valence-corrected chi connectivity index (χ4v) is 3.73. The van der Waals surface area contributed by atoms with E-state index < -0.39 is 5.82 Å². The molecule has 0 unspecified atom stereocenters. The Bertz CT molecular complexity index is 1040. The van der Waals surface area contributed by atoms with Gasteiger partial charge in [0.25, 0.3) is 11.8 Å². The third kappa shape index (κ3) is 3.96. The number of carbonyl (C=O) groups is 1. The van der Waals surface area contributed by atoms with E-state index in [2.05, 4.69) is 10.1 Å². The van der Waals surface area contributed by atoms with Gasteiger partial charge in [-0.25, -0.2) is 4.39 Å². The van der Waals surface area contributed by atoms with Crippen LogP contribution in [0.3, 0.4) is 0 Å². The molecule has 150 valence electrons. The normalized spacial score (nSPS) is 16.7. The summed E-state index contributed by atoms with van der Waals surface area (Å²) in [6, 6.07) is 11.2. The number of rotatable bonds is 4. The molecule has 1 amide bonds. The van der Waals surface area contributed by atoms with Crippen molar-refractivity contribution in [3.63, 3.8) is 0 Å². The van der Waals surface area contributed by atoms with Gasteiger partial charge in [0.2, 0.25) is 0 Å². The van der Waals surface area contributed by atoms with Crippen LogP contribution in [-0.2, 0) is 0 Å². The van der Waals surface area contributed by atoms with Gasteiger partial charge in [-0.2, -0.15) is 4.98 Å². The van der Waals surface area contributed by atoms with Crippen molar-refractivity contribution in [2.24, 2.45) is 0 Å². The molecule has 0 radical (unpaired) electrons. The number of hydrogen-bond donors (Lipinski definition) is 0. The fourth-order valence-electron chi connectivity index (χ4n) is 3.54. The van der Waals surface area contributed by atoms with Crippen LogP contribution in [0, 0.1) is 5.82 Å². The van der Waals surface area contributed by atoms with Gasteiger partial charge in [0.1, 0.15) is 11.6 Å². The smallest absolute Gasteiger partial charge is 0.261 e. The second kappa shape index (κ2) is 8.21. The monoisotopic (exact) mass is 415 g/mol. The van der Waals surface area contributed by atoms with Gasteiger partial charge in [-0.15, -0.1) is 0 Å². The lowest BCUT2D eigenvalue weighted by Gasteiger charge is -2.31. The third-order valence-electron chi connectivity index (χ3n) is 5.01. The maximum Gasteiger partial charge on any atom is 0.261 e. The molecule has 3 aromatic rings. The number of halogens is 2. The molecule has 29 heavy (non-hydrogen) atoms. The zero-order valence-corrected chi connectivity index (χ0v) is 16.5. The maximum absolute atomic E-state index is 13.6. The average molecular weight is 416 g/mol. The molecule has 2 heterocycles. The summed E-state index contributed by atoms with van der Waals surface area (Å²) >= 11 is 6.10. The Morgan fingerprint density at radius 2 is 2.14 bits per heavy atom. The maximum atomic E-state index is 13.6. The summed E-state index contributed by atoms with van der Waals surface area (Å²) < 4.78 is 24.4. The van der Waals surface area contributed by atoms with Crippen LogP contribution in [0.1, 0.15) is 34.9 Å². The first-order valence-electron chi connectivity index (χ1n) is 9.28. The summed E-state index contributed by atoms with van der Waals surface area (Å²) in [7, 11) is 1.58. The molecule has 1 atom stereocenters. The van der Waals surface area contributed by atoms with Crippen molar-refractivity contribution in [2.75, 3.05) is 20.2 Å². The Morgan fingerprint density at radius 3 is 2.97 bits per heavy atom. The van der Waals surface area contributed by atoms with Gasteiger partial charge in [0.05, 0.1) is 23.3 Å². The number of benzene rings is 2. The molecular formula is C21H19ClFN3O3. The van der Waals surface area contributed by atoms with Crippen LogP contribution >= 0.6 is 11.6 Å². The molecule has 1 saturated heterocycles. The minimum absolute atomic E-state index is 0.0766. The molecule has 2 aromatic carbocycles. The van der Waals surface area contributed by atoms with Crippen molar-refractivity contribution in [1.82, 2.24) is 15.0 Å². The van der Waals surface area contributed by atoms with Crippen LogP contribution in [0.5, 0.6) is 5.75 Å². The summed E-state index contributed by atoms with van der Waals surface area (Å²) in [6.45, 7) is 0.982. The molecule has 4 rings (SSSR count). The minimum atomic E-state index is -0.495. The van der Waals surface area contributed by atoms with Crippen molar-refractivity contribution in [3.8, 4) is 17.2 Å². The van der Waals surface area contributed by atoms with Gasteiger partial charge in [-0.3, -0.25) is 4.79 Å². The van der Waals surface area contributed by atoms with Crippen LogP contribution in [0.25, 0.3) is 11.5 Å². The third-order valence-corrected chi connectivity index (χ3v) is 5.34. The van der Waals surface area contributed by atoms with E-state index in [0.29, 0.717) is 36.1 Å². The SMILES string of the molecule is COc1ccccc1-c1nc([C@H]2CCCN(C(=O)c3cc(F)ccc3Cl)C2)no1. The largest absolute Gasteiger partial charge is 0.496 e. The highest BCUT2D eigenvalue weighted by Crippen LogP contribution is 2.32. The lowest BCUT2D eigenvalue weighted by atomic mass is 9.96. The van der Waals surface area contributed by atoms with Crippen molar-refractivity contribution in [1.29, 1.82) is 0 Å². The molecular weight excluding hydrogens is 397 g/mol.